The number of nitrogens with zero attached hydrogens (tertiary/aromatic N) is 2. The fourth-order valence-corrected chi connectivity index (χ4v) is 2.43. The minimum Gasteiger partial charge on any atom is -0.332 e. The number of nitrogens with one attached hydrogen (secondary N) is 2. The van der Waals surface area contributed by atoms with Gasteiger partial charge in [0, 0.05) is 18.0 Å². The van der Waals surface area contributed by atoms with Gasteiger partial charge in [-0.3, -0.25) is 4.68 Å². The Hall–Kier alpha value is -2.73. The van der Waals surface area contributed by atoms with Crippen LogP contribution in [0.25, 0.3) is 0 Å². The van der Waals surface area contributed by atoms with Crippen molar-refractivity contribution in [2.24, 2.45) is 0 Å². The molecule has 24 heavy (non-hydrogen) atoms. The van der Waals surface area contributed by atoms with Crippen molar-refractivity contribution >= 4 is 28.8 Å². The molecule has 2 aromatic carbocycles. The molecule has 0 saturated heterocycles. The van der Waals surface area contributed by atoms with Gasteiger partial charge in [0.25, 0.3) is 0 Å². The number of benzene rings is 2. The number of aromatic nitrogens is 2. The van der Waals surface area contributed by atoms with Crippen molar-refractivity contribution in [3.63, 3.8) is 0 Å². The summed E-state index contributed by atoms with van der Waals surface area (Å²) >= 11 is 5.29. The predicted molar refractivity (Wildman–Crippen MR) is 98.8 cm³/mol. The summed E-state index contributed by atoms with van der Waals surface area (Å²) in [6.45, 7) is 2.61. The molecular weight excluding hydrogens is 323 g/mol. The first-order valence-corrected chi connectivity index (χ1v) is 7.92. The van der Waals surface area contributed by atoms with Crippen molar-refractivity contribution in [2.45, 2.75) is 13.5 Å². The second-order valence-corrected chi connectivity index (χ2v) is 5.88. The normalized spacial score (nSPS) is 10.4. The molecule has 2 N–H and O–H groups in total. The van der Waals surface area contributed by atoms with Gasteiger partial charge in [-0.05, 0) is 49.0 Å². The Labute approximate surface area is 145 Å². The molecule has 0 spiro atoms. The van der Waals surface area contributed by atoms with Crippen LogP contribution in [-0.4, -0.2) is 14.9 Å². The summed E-state index contributed by atoms with van der Waals surface area (Å²) in [4.78, 5) is 0. The number of thiocarbonyl (C=S) groups is 1. The second-order valence-electron chi connectivity index (χ2n) is 5.47. The van der Waals surface area contributed by atoms with Crippen molar-refractivity contribution in [1.29, 1.82) is 0 Å². The Morgan fingerprint density at radius 2 is 1.75 bits per heavy atom. The van der Waals surface area contributed by atoms with Gasteiger partial charge in [0.2, 0.25) is 0 Å². The Balaban J connectivity index is 1.58. The average molecular weight is 340 g/mol. The van der Waals surface area contributed by atoms with Gasteiger partial charge in [-0.25, -0.2) is 4.39 Å². The van der Waals surface area contributed by atoms with Crippen LogP contribution in [0, 0.1) is 12.7 Å². The van der Waals surface area contributed by atoms with E-state index < -0.39 is 0 Å². The lowest BCUT2D eigenvalue weighted by molar-refractivity contribution is 0.624. The molecule has 0 radical (unpaired) electrons. The van der Waals surface area contributed by atoms with E-state index in [9.17, 15) is 4.39 Å². The van der Waals surface area contributed by atoms with Gasteiger partial charge in [0.1, 0.15) is 5.82 Å². The van der Waals surface area contributed by atoms with Gasteiger partial charge >= 0.3 is 0 Å². The van der Waals surface area contributed by atoms with Gasteiger partial charge in [-0.2, -0.15) is 5.10 Å². The molecule has 1 aromatic heterocycles. The summed E-state index contributed by atoms with van der Waals surface area (Å²) in [5.74, 6) is 0.413. The molecule has 1 heterocycles. The molecule has 0 aliphatic heterocycles. The molecule has 0 unspecified atom stereocenters. The monoisotopic (exact) mass is 340 g/mol. The zero-order chi connectivity index (χ0) is 16.9. The minimum atomic E-state index is -0.242. The van der Waals surface area contributed by atoms with Gasteiger partial charge in [-0.15, -0.1) is 0 Å². The maximum absolute atomic E-state index is 12.9. The van der Waals surface area contributed by atoms with E-state index in [0.29, 0.717) is 17.5 Å². The van der Waals surface area contributed by atoms with Crippen LogP contribution in [0.3, 0.4) is 0 Å². The lowest BCUT2D eigenvalue weighted by Crippen LogP contribution is -2.19. The average Bonchev–Trinajstić information content (AvgIpc) is 2.99. The van der Waals surface area contributed by atoms with Crippen LogP contribution in [0.2, 0.25) is 0 Å². The number of hydrogen-bond donors (Lipinski definition) is 2. The van der Waals surface area contributed by atoms with E-state index in [4.69, 9.17) is 12.2 Å². The molecule has 0 aliphatic rings. The van der Waals surface area contributed by atoms with Crippen molar-refractivity contribution < 1.29 is 4.39 Å². The number of halogens is 1. The molecular formula is C18H17FN4S. The first kappa shape index (κ1) is 16.1. The molecule has 0 aliphatic carbocycles. The van der Waals surface area contributed by atoms with E-state index in [1.165, 1.54) is 17.7 Å². The van der Waals surface area contributed by atoms with Crippen LogP contribution in [0.5, 0.6) is 0 Å². The first-order chi connectivity index (χ1) is 11.6. The Bertz CT molecular complexity index is 825. The van der Waals surface area contributed by atoms with Crippen LogP contribution in [-0.2, 0) is 6.54 Å². The zero-order valence-corrected chi connectivity index (χ0v) is 14.0. The predicted octanol–water partition coefficient (Wildman–Crippen LogP) is 4.19. The molecule has 4 nitrogen and oxygen atoms in total. The maximum Gasteiger partial charge on any atom is 0.176 e. The number of aryl methyl sites for hydroxylation is 1. The topological polar surface area (TPSA) is 41.9 Å². The highest BCUT2D eigenvalue weighted by Gasteiger charge is 2.03. The maximum atomic E-state index is 12.9. The van der Waals surface area contributed by atoms with Crippen LogP contribution in [0.4, 0.5) is 15.9 Å². The molecule has 3 aromatic rings. The van der Waals surface area contributed by atoms with E-state index in [2.05, 4.69) is 15.7 Å². The summed E-state index contributed by atoms with van der Waals surface area (Å²) in [5.41, 5.74) is 3.09. The third-order valence-corrected chi connectivity index (χ3v) is 3.65. The van der Waals surface area contributed by atoms with Crippen molar-refractivity contribution in [1.82, 2.24) is 9.78 Å². The number of anilines is 2. The summed E-state index contributed by atoms with van der Waals surface area (Å²) in [7, 11) is 0. The van der Waals surface area contributed by atoms with Crippen molar-refractivity contribution in [2.75, 3.05) is 10.6 Å². The smallest absolute Gasteiger partial charge is 0.176 e. The summed E-state index contributed by atoms with van der Waals surface area (Å²) in [6, 6.07) is 16.2. The summed E-state index contributed by atoms with van der Waals surface area (Å²) < 4.78 is 14.7. The Kier molecular flexibility index (Phi) is 4.86. The molecule has 0 fully saturated rings. The standard InChI is InChI=1S/C18H17FN4S/c1-13-2-8-16(9-3-13)20-18(24)21-17-10-11-23(22-17)12-14-4-6-15(19)7-5-14/h2-11H,12H2,1H3,(H2,20,21,22,24). The third kappa shape index (κ3) is 4.39. The molecule has 0 saturated carbocycles. The quantitative estimate of drug-likeness (QED) is 0.699. The molecule has 0 bridgehead atoms. The molecule has 3 rings (SSSR count). The fraction of sp³-hybridized carbons (Fsp3) is 0.111. The van der Waals surface area contributed by atoms with Crippen molar-refractivity contribution in [3.8, 4) is 0 Å². The number of hydrogen-bond acceptors (Lipinski definition) is 2. The van der Waals surface area contributed by atoms with E-state index in [-0.39, 0.29) is 5.82 Å². The minimum absolute atomic E-state index is 0.242. The summed E-state index contributed by atoms with van der Waals surface area (Å²) in [6.07, 6.45) is 1.85. The van der Waals surface area contributed by atoms with Crippen LogP contribution < -0.4 is 10.6 Å². The van der Waals surface area contributed by atoms with E-state index in [1.54, 1.807) is 16.8 Å². The van der Waals surface area contributed by atoms with E-state index >= 15 is 0 Å². The number of rotatable bonds is 4. The van der Waals surface area contributed by atoms with Crippen molar-refractivity contribution in [3.05, 3.63) is 77.7 Å². The molecule has 122 valence electrons. The third-order valence-electron chi connectivity index (χ3n) is 3.45. The van der Waals surface area contributed by atoms with Crippen LogP contribution in [0.15, 0.2) is 60.8 Å². The van der Waals surface area contributed by atoms with E-state index in [0.717, 1.165) is 11.3 Å². The van der Waals surface area contributed by atoms with Crippen LogP contribution in [0.1, 0.15) is 11.1 Å². The summed E-state index contributed by atoms with van der Waals surface area (Å²) in [5, 5.41) is 11.0. The highest BCUT2D eigenvalue weighted by molar-refractivity contribution is 7.80. The lowest BCUT2D eigenvalue weighted by atomic mass is 10.2. The largest absolute Gasteiger partial charge is 0.332 e. The first-order valence-electron chi connectivity index (χ1n) is 7.51. The highest BCUT2D eigenvalue weighted by Crippen LogP contribution is 2.11. The van der Waals surface area contributed by atoms with E-state index in [1.807, 2.05) is 43.5 Å². The fourth-order valence-electron chi connectivity index (χ4n) is 2.21. The SMILES string of the molecule is Cc1ccc(NC(=S)Nc2ccn(Cc3ccc(F)cc3)n2)cc1. The zero-order valence-electron chi connectivity index (χ0n) is 13.2. The van der Waals surface area contributed by atoms with Gasteiger partial charge in [-0.1, -0.05) is 29.8 Å². The van der Waals surface area contributed by atoms with Gasteiger partial charge in [0.05, 0.1) is 6.54 Å². The second kappa shape index (κ2) is 7.23. The Morgan fingerprint density at radius 3 is 2.46 bits per heavy atom. The highest BCUT2D eigenvalue weighted by atomic mass is 32.1. The lowest BCUT2D eigenvalue weighted by Gasteiger charge is -2.08. The Morgan fingerprint density at radius 1 is 1.04 bits per heavy atom. The van der Waals surface area contributed by atoms with Gasteiger partial charge < -0.3 is 10.6 Å². The van der Waals surface area contributed by atoms with Gasteiger partial charge in [0.15, 0.2) is 10.9 Å². The molecule has 6 heteroatoms. The molecule has 0 atom stereocenters. The van der Waals surface area contributed by atoms with Crippen LogP contribution >= 0.6 is 12.2 Å². The molecule has 0 amide bonds.